The molecule has 0 spiro atoms. The van der Waals surface area contributed by atoms with Crippen LogP contribution in [0.15, 0.2) is 24.3 Å². The fraction of sp³-hybridized carbons (Fsp3) is 0.870. The van der Waals surface area contributed by atoms with Crippen molar-refractivity contribution in [3.63, 3.8) is 0 Å². The molecule has 64 heavy (non-hydrogen) atoms. The average Bonchev–Trinajstić information content (AvgIpc) is 3.50. The lowest BCUT2D eigenvalue weighted by atomic mass is 9.89. The van der Waals surface area contributed by atoms with E-state index in [0.29, 0.717) is 32.1 Å². The molecule has 18 heteroatoms. The molecule has 0 saturated heterocycles. The van der Waals surface area contributed by atoms with E-state index in [9.17, 15) is 44.0 Å². The molecule has 0 bridgehead atoms. The van der Waals surface area contributed by atoms with Gasteiger partial charge in [0.15, 0.2) is 6.10 Å². The standard InChI is InChI=1S/C46H86O16P2/c1-4-5-20-26-38(47)30-31-42-41(43(49)32-44(42)50)27-22-18-19-23-28-45(51)58-35-40(36-61-64(56,57)60-34-39(48)33-59-63(53,54)55)62-46(52)29-24-17-15-13-11-9-7-6-8-10-12-14-16-21-25-37(2)3/h18,22,30-31,37-44,47-50H,4-17,19-21,23-29,32-36H2,1-3H3,(H,56,57)(H2,53,54,55)/b22-18+,31-30+/t38-,39-,40+,41+,42+,43-,44+/m0/s1. The van der Waals surface area contributed by atoms with Crippen molar-refractivity contribution < 1.29 is 76.9 Å². The van der Waals surface area contributed by atoms with Crippen LogP contribution in [0.1, 0.15) is 181 Å². The number of carbonyl (C=O) groups is 2. The number of carbonyl (C=O) groups excluding carboxylic acids is 2. The highest BCUT2D eigenvalue weighted by molar-refractivity contribution is 7.47. The predicted octanol–water partition coefficient (Wildman–Crippen LogP) is 8.91. The molecular weight excluding hydrogens is 870 g/mol. The van der Waals surface area contributed by atoms with Gasteiger partial charge >= 0.3 is 27.6 Å². The Hall–Kier alpha value is -1.52. The van der Waals surface area contributed by atoms with Gasteiger partial charge in [-0.25, -0.2) is 9.13 Å². The van der Waals surface area contributed by atoms with E-state index in [2.05, 4.69) is 29.8 Å². The maximum Gasteiger partial charge on any atom is 0.472 e. The Balaban J connectivity index is 2.52. The highest BCUT2D eigenvalue weighted by Gasteiger charge is 2.39. The summed E-state index contributed by atoms with van der Waals surface area (Å²) >= 11 is 0. The number of allylic oxidation sites excluding steroid dienone is 2. The van der Waals surface area contributed by atoms with Crippen LogP contribution in [0, 0.1) is 17.8 Å². The van der Waals surface area contributed by atoms with Gasteiger partial charge in [0.05, 0.1) is 38.1 Å². The SMILES string of the molecule is CCCCC[C@H](O)/C=C/[C@@H]1[C@@H](C/C=C/CCCC(=O)OC[C@H](COP(=O)(O)OC[C@@H](O)COP(=O)(O)O)OC(=O)CCCCCCCCCCCCCCCCC(C)C)[C@@H](O)C[C@H]1O. The number of unbranched alkanes of at least 4 members (excludes halogenated alkanes) is 16. The van der Waals surface area contributed by atoms with Crippen LogP contribution in [0.5, 0.6) is 0 Å². The van der Waals surface area contributed by atoms with Gasteiger partial charge in [0, 0.05) is 25.2 Å². The Labute approximate surface area is 383 Å². The Kier molecular flexibility index (Phi) is 34.5. The number of aliphatic hydroxyl groups is 4. The molecular formula is C46H86O16P2. The number of hydrogen-bond acceptors (Lipinski definition) is 13. The highest BCUT2D eigenvalue weighted by atomic mass is 31.2. The van der Waals surface area contributed by atoms with Crippen LogP contribution in [-0.2, 0) is 41.8 Å². The molecule has 1 rings (SSSR count). The van der Waals surface area contributed by atoms with Crippen LogP contribution in [-0.4, -0.2) is 104 Å². The summed E-state index contributed by atoms with van der Waals surface area (Å²) in [6.07, 6.45) is 25.5. The quantitative estimate of drug-likeness (QED) is 0.0131. The van der Waals surface area contributed by atoms with Crippen molar-refractivity contribution in [1.29, 1.82) is 0 Å². The molecule has 1 saturated carbocycles. The molecule has 0 aromatic heterocycles. The molecule has 376 valence electrons. The third kappa shape index (κ3) is 33.9. The van der Waals surface area contributed by atoms with E-state index in [4.69, 9.17) is 23.8 Å². The Morgan fingerprint density at radius 2 is 1.20 bits per heavy atom. The lowest BCUT2D eigenvalue weighted by molar-refractivity contribution is -0.161. The highest BCUT2D eigenvalue weighted by Crippen LogP contribution is 2.44. The summed E-state index contributed by atoms with van der Waals surface area (Å²) in [5, 5.41) is 41.1. The van der Waals surface area contributed by atoms with Crippen LogP contribution in [0.2, 0.25) is 0 Å². The molecule has 8 atom stereocenters. The van der Waals surface area contributed by atoms with Crippen LogP contribution < -0.4 is 0 Å². The average molecular weight is 957 g/mol. The van der Waals surface area contributed by atoms with Gasteiger partial charge in [0.1, 0.15) is 12.7 Å². The number of ether oxygens (including phenoxy) is 2. The molecule has 0 aliphatic heterocycles. The number of hydrogen-bond donors (Lipinski definition) is 7. The molecule has 1 aliphatic carbocycles. The largest absolute Gasteiger partial charge is 0.472 e. The number of phosphoric ester groups is 2. The summed E-state index contributed by atoms with van der Waals surface area (Å²) in [5.74, 6) is -0.904. The Bertz CT molecular complexity index is 1360. The van der Waals surface area contributed by atoms with Crippen molar-refractivity contribution in [1.82, 2.24) is 0 Å². The van der Waals surface area contributed by atoms with E-state index in [-0.39, 0.29) is 31.1 Å². The van der Waals surface area contributed by atoms with Crippen molar-refractivity contribution >= 4 is 27.6 Å². The molecule has 7 N–H and O–H groups in total. The van der Waals surface area contributed by atoms with Gasteiger partial charge in [0.2, 0.25) is 0 Å². The van der Waals surface area contributed by atoms with Crippen LogP contribution >= 0.6 is 15.6 Å². The van der Waals surface area contributed by atoms with Gasteiger partial charge in [0.25, 0.3) is 0 Å². The first kappa shape index (κ1) is 60.5. The van der Waals surface area contributed by atoms with E-state index < -0.39 is 84.5 Å². The molecule has 0 radical (unpaired) electrons. The lowest BCUT2D eigenvalue weighted by Gasteiger charge is -2.20. The zero-order valence-corrected chi connectivity index (χ0v) is 40.9. The van der Waals surface area contributed by atoms with Crippen LogP contribution in [0.4, 0.5) is 0 Å². The fourth-order valence-electron chi connectivity index (χ4n) is 7.59. The molecule has 1 fully saturated rings. The minimum absolute atomic E-state index is 0.0206. The van der Waals surface area contributed by atoms with Crippen molar-refractivity contribution in [2.75, 3.05) is 26.4 Å². The first-order valence-corrected chi connectivity index (χ1v) is 27.2. The van der Waals surface area contributed by atoms with E-state index in [1.165, 1.54) is 64.2 Å². The minimum atomic E-state index is -4.89. The van der Waals surface area contributed by atoms with E-state index in [0.717, 1.165) is 50.9 Å². The first-order chi connectivity index (χ1) is 30.4. The van der Waals surface area contributed by atoms with Gasteiger partial charge in [-0.05, 0) is 43.9 Å². The topological polar surface area (TPSA) is 256 Å². The molecule has 0 aromatic rings. The minimum Gasteiger partial charge on any atom is -0.462 e. The normalized spacial score (nSPS) is 20.5. The van der Waals surface area contributed by atoms with Crippen molar-refractivity contribution in [2.45, 2.75) is 212 Å². The Morgan fingerprint density at radius 3 is 1.80 bits per heavy atom. The monoisotopic (exact) mass is 957 g/mol. The molecule has 0 heterocycles. The summed E-state index contributed by atoms with van der Waals surface area (Å²) in [6, 6.07) is 0. The van der Waals surface area contributed by atoms with Crippen LogP contribution in [0.25, 0.3) is 0 Å². The number of esters is 2. The summed E-state index contributed by atoms with van der Waals surface area (Å²) < 4.78 is 47.9. The van der Waals surface area contributed by atoms with Gasteiger partial charge in [-0.3, -0.25) is 23.2 Å². The van der Waals surface area contributed by atoms with Crippen molar-refractivity contribution in [3.05, 3.63) is 24.3 Å². The molecule has 1 aliphatic rings. The summed E-state index contributed by atoms with van der Waals surface area (Å²) in [6.45, 7) is 3.73. The maximum atomic E-state index is 12.7. The van der Waals surface area contributed by atoms with E-state index in [1.54, 1.807) is 6.08 Å². The zero-order valence-electron chi connectivity index (χ0n) is 39.1. The number of phosphoric acid groups is 2. The Morgan fingerprint density at radius 1 is 0.656 bits per heavy atom. The third-order valence-electron chi connectivity index (χ3n) is 11.3. The molecule has 1 unspecified atom stereocenters. The second-order valence-corrected chi connectivity index (χ2v) is 20.5. The van der Waals surface area contributed by atoms with Gasteiger partial charge in [-0.15, -0.1) is 0 Å². The summed E-state index contributed by atoms with van der Waals surface area (Å²) in [7, 11) is -9.76. The maximum absolute atomic E-state index is 12.7. The second kappa shape index (κ2) is 36.5. The summed E-state index contributed by atoms with van der Waals surface area (Å²) in [4.78, 5) is 53.0. The second-order valence-electron chi connectivity index (χ2n) is 17.8. The van der Waals surface area contributed by atoms with Crippen molar-refractivity contribution in [2.24, 2.45) is 17.8 Å². The zero-order chi connectivity index (χ0) is 47.6. The van der Waals surface area contributed by atoms with Gasteiger partial charge in [-0.2, -0.15) is 0 Å². The van der Waals surface area contributed by atoms with E-state index in [1.807, 2.05) is 18.2 Å². The number of aliphatic hydroxyl groups excluding tert-OH is 4. The van der Waals surface area contributed by atoms with Gasteiger partial charge < -0.3 is 44.6 Å². The van der Waals surface area contributed by atoms with Crippen LogP contribution in [0.3, 0.4) is 0 Å². The van der Waals surface area contributed by atoms with Crippen molar-refractivity contribution in [3.8, 4) is 0 Å². The molecule has 0 amide bonds. The van der Waals surface area contributed by atoms with Gasteiger partial charge in [-0.1, -0.05) is 154 Å². The first-order valence-electron chi connectivity index (χ1n) is 24.1. The smallest absolute Gasteiger partial charge is 0.462 e. The fourth-order valence-corrected chi connectivity index (χ4v) is 8.74. The van der Waals surface area contributed by atoms with E-state index >= 15 is 0 Å². The molecule has 16 nitrogen and oxygen atoms in total. The predicted molar refractivity (Wildman–Crippen MR) is 246 cm³/mol. The third-order valence-corrected chi connectivity index (χ3v) is 12.8. The molecule has 0 aromatic carbocycles. The lowest BCUT2D eigenvalue weighted by Crippen LogP contribution is -2.30. The number of rotatable bonds is 41. The summed E-state index contributed by atoms with van der Waals surface area (Å²) in [5.41, 5.74) is 0.